The molecule has 2 aromatic rings. The van der Waals surface area contributed by atoms with Crippen LogP contribution in [0.15, 0.2) is 27.8 Å². The first-order valence-corrected chi connectivity index (χ1v) is 7.23. The fraction of sp³-hybridized carbons (Fsp3) is 0.250. The fourth-order valence-electron chi connectivity index (χ4n) is 1.53. The molecular formula is C12H14N4O4S. The minimum Gasteiger partial charge on any atom is -0.430 e. The number of oxazole rings is 1. The second-order valence-corrected chi connectivity index (χ2v) is 5.87. The molecule has 0 saturated heterocycles. The van der Waals surface area contributed by atoms with E-state index in [4.69, 9.17) is 10.2 Å². The summed E-state index contributed by atoms with van der Waals surface area (Å²) >= 11 is 0. The van der Waals surface area contributed by atoms with Gasteiger partial charge in [-0.25, -0.2) is 14.0 Å². The molecule has 0 radical (unpaired) electrons. The van der Waals surface area contributed by atoms with E-state index >= 15 is 0 Å². The van der Waals surface area contributed by atoms with Gasteiger partial charge in [-0.3, -0.25) is 10.1 Å². The van der Waals surface area contributed by atoms with Crippen LogP contribution >= 0.6 is 0 Å². The molecule has 9 heteroatoms. The van der Waals surface area contributed by atoms with Crippen molar-refractivity contribution < 1.29 is 18.2 Å². The minimum atomic E-state index is -1.83. The van der Waals surface area contributed by atoms with E-state index in [1.165, 1.54) is 14.0 Å². The highest BCUT2D eigenvalue weighted by Gasteiger charge is 2.26. The zero-order valence-corrected chi connectivity index (χ0v) is 12.2. The number of urea groups is 1. The summed E-state index contributed by atoms with van der Waals surface area (Å²) in [5.74, 6) is -0.686. The van der Waals surface area contributed by atoms with Crippen LogP contribution in [0.2, 0.25) is 0 Å². The van der Waals surface area contributed by atoms with Gasteiger partial charge in [0.05, 0.1) is 0 Å². The number of amides is 3. The zero-order valence-electron chi connectivity index (χ0n) is 11.4. The van der Waals surface area contributed by atoms with Crippen molar-refractivity contribution in [3.8, 4) is 0 Å². The maximum atomic E-state index is 12.2. The molecule has 0 bridgehead atoms. The highest BCUT2D eigenvalue weighted by atomic mass is 32.2. The maximum Gasteiger partial charge on any atom is 0.321 e. The summed E-state index contributed by atoms with van der Waals surface area (Å²) in [4.78, 5) is 26.9. The van der Waals surface area contributed by atoms with Crippen LogP contribution in [0.1, 0.15) is 6.92 Å². The van der Waals surface area contributed by atoms with E-state index in [1.807, 2.05) is 0 Å². The number of anilines is 1. The van der Waals surface area contributed by atoms with Gasteiger partial charge >= 0.3 is 6.03 Å². The summed E-state index contributed by atoms with van der Waals surface area (Å²) in [5, 5.41) is 3.21. The predicted octanol–water partition coefficient (Wildman–Crippen LogP) is 0.362. The molecular weight excluding hydrogens is 296 g/mol. The highest BCUT2D eigenvalue weighted by Crippen LogP contribution is 2.21. The molecule has 0 saturated carbocycles. The van der Waals surface area contributed by atoms with Crippen molar-refractivity contribution in [1.29, 1.82) is 0 Å². The van der Waals surface area contributed by atoms with E-state index in [2.05, 4.69) is 15.6 Å². The van der Waals surface area contributed by atoms with Crippen molar-refractivity contribution in [3.63, 3.8) is 0 Å². The summed E-state index contributed by atoms with van der Waals surface area (Å²) in [5.41, 5.74) is 7.00. The fourth-order valence-corrected chi connectivity index (χ4v) is 2.45. The lowest BCUT2D eigenvalue weighted by Gasteiger charge is -2.08. The van der Waals surface area contributed by atoms with Gasteiger partial charge in [-0.15, -0.1) is 0 Å². The maximum absolute atomic E-state index is 12.2. The molecule has 1 aromatic heterocycles. The number of nitrogen functional groups attached to an aromatic ring is 1. The van der Waals surface area contributed by atoms with Crippen LogP contribution in [0.4, 0.5) is 10.5 Å². The van der Waals surface area contributed by atoms with Gasteiger partial charge in [0.15, 0.2) is 5.58 Å². The number of nitrogens with zero attached hydrogens (tertiary/aromatic N) is 1. The largest absolute Gasteiger partial charge is 0.430 e. The third-order valence-corrected chi connectivity index (χ3v) is 4.09. The van der Waals surface area contributed by atoms with Gasteiger partial charge in [-0.1, -0.05) is 0 Å². The molecule has 0 aliphatic heterocycles. The topological polar surface area (TPSA) is 127 Å². The molecule has 8 nitrogen and oxygen atoms in total. The summed E-state index contributed by atoms with van der Waals surface area (Å²) in [6.07, 6.45) is 0. The number of nitrogens with two attached hydrogens (primary N) is 1. The molecule has 112 valence electrons. The molecule has 0 aliphatic carbocycles. The van der Waals surface area contributed by atoms with Crippen molar-refractivity contribution in [1.82, 2.24) is 15.6 Å². The normalized spacial score (nSPS) is 13.6. The Hall–Kier alpha value is -2.42. The van der Waals surface area contributed by atoms with E-state index in [0.717, 1.165) is 0 Å². The Balaban J connectivity index is 2.21. The molecule has 3 amide bonds. The van der Waals surface area contributed by atoms with Gasteiger partial charge in [0.25, 0.3) is 5.22 Å². The Morgan fingerprint density at radius 2 is 2.14 bits per heavy atom. The second kappa shape index (κ2) is 5.92. The molecule has 0 fully saturated rings. The molecule has 1 heterocycles. The lowest BCUT2D eigenvalue weighted by atomic mass is 10.3. The van der Waals surface area contributed by atoms with Crippen molar-refractivity contribution in [2.24, 2.45) is 0 Å². The first-order valence-electron chi connectivity index (χ1n) is 6.01. The van der Waals surface area contributed by atoms with Gasteiger partial charge in [0, 0.05) is 12.7 Å². The standard InChI is InChI=1S/C12H14N4O4S/c1-6(10(17)16-11(18)14-2)21(19)12-15-8-5-7(13)3-4-9(8)20-12/h3-6H,13H2,1-2H3,(H2,14,16,17,18). The van der Waals surface area contributed by atoms with E-state index in [1.54, 1.807) is 18.2 Å². The Morgan fingerprint density at radius 3 is 2.81 bits per heavy atom. The van der Waals surface area contributed by atoms with E-state index < -0.39 is 28.0 Å². The Morgan fingerprint density at radius 1 is 1.43 bits per heavy atom. The van der Waals surface area contributed by atoms with Crippen LogP contribution in [0, 0.1) is 0 Å². The Bertz CT molecular complexity index is 727. The SMILES string of the molecule is CNC(=O)NC(=O)C(C)S(=O)c1nc2cc(N)ccc2o1. The first kappa shape index (κ1) is 15.0. The summed E-state index contributed by atoms with van der Waals surface area (Å²) in [6, 6.07) is 4.14. The first-order chi connectivity index (χ1) is 9.92. The van der Waals surface area contributed by atoms with Crippen LogP contribution in [-0.2, 0) is 15.6 Å². The van der Waals surface area contributed by atoms with E-state index in [9.17, 15) is 13.8 Å². The molecule has 2 rings (SSSR count). The number of aromatic nitrogens is 1. The molecule has 2 atom stereocenters. The molecule has 1 aromatic carbocycles. The number of hydrogen-bond acceptors (Lipinski definition) is 6. The van der Waals surface area contributed by atoms with Gasteiger partial charge in [0.1, 0.15) is 21.6 Å². The van der Waals surface area contributed by atoms with Gasteiger partial charge < -0.3 is 15.5 Å². The number of benzene rings is 1. The Kier molecular flexibility index (Phi) is 4.22. The monoisotopic (exact) mass is 310 g/mol. The number of imide groups is 1. The molecule has 4 N–H and O–H groups in total. The van der Waals surface area contributed by atoms with E-state index in [0.29, 0.717) is 16.8 Å². The highest BCUT2D eigenvalue weighted by molar-refractivity contribution is 7.86. The van der Waals surface area contributed by atoms with E-state index in [-0.39, 0.29) is 5.22 Å². The van der Waals surface area contributed by atoms with Gasteiger partial charge in [0.2, 0.25) is 5.91 Å². The van der Waals surface area contributed by atoms with Gasteiger partial charge in [-0.2, -0.15) is 0 Å². The molecule has 0 aliphatic rings. The third-order valence-electron chi connectivity index (χ3n) is 2.72. The van der Waals surface area contributed by atoms with Crippen LogP contribution in [0.3, 0.4) is 0 Å². The average Bonchev–Trinajstić information content (AvgIpc) is 2.88. The summed E-state index contributed by atoms with van der Waals surface area (Å²) in [7, 11) is -0.456. The van der Waals surface area contributed by atoms with Crippen molar-refractivity contribution in [2.75, 3.05) is 12.8 Å². The van der Waals surface area contributed by atoms with Crippen LogP contribution < -0.4 is 16.4 Å². The number of fused-ring (bicyclic) bond motifs is 1. The van der Waals surface area contributed by atoms with Crippen molar-refractivity contribution in [3.05, 3.63) is 18.2 Å². The summed E-state index contributed by atoms with van der Waals surface area (Å²) < 4.78 is 17.6. The van der Waals surface area contributed by atoms with Crippen LogP contribution in [0.5, 0.6) is 0 Å². The smallest absolute Gasteiger partial charge is 0.321 e. The zero-order chi connectivity index (χ0) is 15.6. The minimum absolute atomic E-state index is 0.0878. The number of nitrogens with one attached hydrogen (secondary N) is 2. The second-order valence-electron chi connectivity index (χ2n) is 4.21. The number of carbonyl (C=O) groups is 2. The Labute approximate surface area is 122 Å². The van der Waals surface area contributed by atoms with Crippen molar-refractivity contribution >= 4 is 39.5 Å². The number of carbonyl (C=O) groups excluding carboxylic acids is 2. The predicted molar refractivity (Wildman–Crippen MR) is 76.9 cm³/mol. The van der Waals surface area contributed by atoms with Gasteiger partial charge in [-0.05, 0) is 25.1 Å². The third kappa shape index (κ3) is 3.19. The average molecular weight is 310 g/mol. The number of hydrogen-bond donors (Lipinski definition) is 3. The molecule has 0 spiro atoms. The summed E-state index contributed by atoms with van der Waals surface area (Å²) in [6.45, 7) is 1.41. The lowest BCUT2D eigenvalue weighted by molar-refractivity contribution is -0.119. The van der Waals surface area contributed by atoms with Crippen LogP contribution in [0.25, 0.3) is 11.1 Å². The molecule has 21 heavy (non-hydrogen) atoms. The quantitative estimate of drug-likeness (QED) is 0.702. The lowest BCUT2D eigenvalue weighted by Crippen LogP contribution is -2.43. The van der Waals surface area contributed by atoms with Crippen LogP contribution in [-0.4, -0.2) is 33.4 Å². The molecule has 2 unspecified atom stereocenters. The number of rotatable bonds is 3. The van der Waals surface area contributed by atoms with Crippen molar-refractivity contribution in [2.45, 2.75) is 17.4 Å².